The van der Waals surface area contributed by atoms with Crippen molar-refractivity contribution < 1.29 is 29.9 Å². The van der Waals surface area contributed by atoms with E-state index in [0.717, 1.165) is 11.1 Å². The Morgan fingerprint density at radius 3 is 1.61 bits per heavy atom. The second-order valence-corrected chi connectivity index (χ2v) is 9.52. The molecule has 0 aromatic heterocycles. The zero-order valence-corrected chi connectivity index (χ0v) is 17.6. The number of hydrogen-bond donors (Lipinski definition) is 0. The molecule has 0 unspecified atom stereocenters. The van der Waals surface area contributed by atoms with E-state index in [1.807, 2.05) is 13.8 Å². The van der Waals surface area contributed by atoms with Gasteiger partial charge in [-0.15, -0.1) is 0 Å². The van der Waals surface area contributed by atoms with Crippen LogP contribution in [0.5, 0.6) is 0 Å². The molecule has 0 aliphatic heterocycles. The number of rotatable bonds is 10. The van der Waals surface area contributed by atoms with Gasteiger partial charge in [-0.2, -0.15) is 16.8 Å². The van der Waals surface area contributed by atoms with Crippen molar-refractivity contribution in [1.29, 1.82) is 0 Å². The van der Waals surface area contributed by atoms with Gasteiger partial charge in [0.25, 0.3) is 20.2 Å². The number of aryl methyl sites for hydroxylation is 2. The Bertz CT molecular complexity index is 964. The maximum absolute atomic E-state index is 12.2. The largest absolute Gasteiger partial charge is 0.379 e. The second-order valence-electron chi connectivity index (χ2n) is 6.29. The molecule has 0 N–H and O–H groups in total. The monoisotopic (exact) mass is 428 g/mol. The molecule has 1 atom stereocenters. The molecule has 0 amide bonds. The summed E-state index contributed by atoms with van der Waals surface area (Å²) in [6.45, 7) is 3.29. The van der Waals surface area contributed by atoms with Gasteiger partial charge in [-0.3, -0.25) is 8.37 Å². The third kappa shape index (κ3) is 6.39. The molecule has 0 bridgehead atoms. The Labute approximate surface area is 166 Å². The van der Waals surface area contributed by atoms with Crippen LogP contribution < -0.4 is 0 Å². The van der Waals surface area contributed by atoms with Crippen LogP contribution in [0.4, 0.5) is 0 Å². The van der Waals surface area contributed by atoms with Crippen LogP contribution >= 0.6 is 0 Å². The fourth-order valence-corrected chi connectivity index (χ4v) is 4.13. The molecule has 9 heteroatoms. The van der Waals surface area contributed by atoms with Crippen molar-refractivity contribution in [2.24, 2.45) is 0 Å². The summed E-state index contributed by atoms with van der Waals surface area (Å²) in [4.78, 5) is 0.108. The van der Waals surface area contributed by atoms with Crippen molar-refractivity contribution in [3.8, 4) is 0 Å². The molecule has 0 saturated carbocycles. The minimum absolute atomic E-state index is 0.0474. The normalized spacial score (nSPS) is 13.4. The summed E-state index contributed by atoms with van der Waals surface area (Å²) < 4.78 is 63.9. The Hall–Kier alpha value is -1.78. The molecule has 2 aromatic carbocycles. The van der Waals surface area contributed by atoms with E-state index in [2.05, 4.69) is 0 Å². The van der Waals surface area contributed by atoms with Crippen LogP contribution in [-0.2, 0) is 33.3 Å². The first-order chi connectivity index (χ1) is 13.1. The van der Waals surface area contributed by atoms with E-state index >= 15 is 0 Å². The van der Waals surface area contributed by atoms with Gasteiger partial charge in [0.15, 0.2) is 0 Å². The highest BCUT2D eigenvalue weighted by Gasteiger charge is 2.20. The van der Waals surface area contributed by atoms with E-state index in [1.165, 1.54) is 31.4 Å². The third-order valence-corrected chi connectivity index (χ3v) is 6.66. The van der Waals surface area contributed by atoms with Crippen LogP contribution in [-0.4, -0.2) is 43.3 Å². The van der Waals surface area contributed by atoms with Gasteiger partial charge in [0.2, 0.25) is 0 Å². The van der Waals surface area contributed by atoms with Crippen LogP contribution in [0.3, 0.4) is 0 Å². The topological polar surface area (TPSA) is 96.0 Å². The molecular weight excluding hydrogens is 404 g/mol. The van der Waals surface area contributed by atoms with Crippen molar-refractivity contribution in [3.05, 3.63) is 59.7 Å². The molecule has 0 heterocycles. The standard InChI is InChI=1S/C19H24O7S2/c1-15-4-8-18(9-5-15)27(20,21)25-13-12-17(24-3)14-26-28(22,23)19-10-6-16(2)7-11-19/h4-11,17H,12-14H2,1-3H3/t17-/m0/s1. The SMILES string of the molecule is CO[C@@H](CCOS(=O)(=O)c1ccc(C)cc1)COS(=O)(=O)c1ccc(C)cc1. The molecule has 0 saturated heterocycles. The van der Waals surface area contributed by atoms with E-state index in [4.69, 9.17) is 13.1 Å². The summed E-state index contributed by atoms with van der Waals surface area (Å²) in [6.07, 6.45) is -0.501. The Kier molecular flexibility index (Phi) is 7.73. The van der Waals surface area contributed by atoms with Gasteiger partial charge < -0.3 is 4.74 Å². The first-order valence-electron chi connectivity index (χ1n) is 8.59. The quantitative estimate of drug-likeness (QED) is 0.537. The zero-order valence-electron chi connectivity index (χ0n) is 16.0. The van der Waals surface area contributed by atoms with E-state index in [-0.39, 0.29) is 29.4 Å². The molecule has 2 rings (SSSR count). The van der Waals surface area contributed by atoms with Crippen molar-refractivity contribution >= 4 is 20.2 Å². The van der Waals surface area contributed by atoms with Crippen LogP contribution in [0.15, 0.2) is 58.3 Å². The number of methoxy groups -OCH3 is 1. The van der Waals surface area contributed by atoms with Crippen molar-refractivity contribution in [2.75, 3.05) is 20.3 Å². The van der Waals surface area contributed by atoms with Crippen LogP contribution in [0.25, 0.3) is 0 Å². The lowest BCUT2D eigenvalue weighted by Gasteiger charge is -2.15. The Morgan fingerprint density at radius 1 is 0.750 bits per heavy atom. The molecule has 2 aromatic rings. The highest BCUT2D eigenvalue weighted by Crippen LogP contribution is 2.16. The lowest BCUT2D eigenvalue weighted by Crippen LogP contribution is -2.23. The van der Waals surface area contributed by atoms with Gasteiger partial charge in [0.05, 0.1) is 29.1 Å². The highest BCUT2D eigenvalue weighted by molar-refractivity contribution is 7.87. The summed E-state index contributed by atoms with van der Waals surface area (Å²) in [5, 5.41) is 0. The molecule has 0 radical (unpaired) electrons. The molecule has 0 aliphatic carbocycles. The first-order valence-corrected chi connectivity index (χ1v) is 11.4. The lowest BCUT2D eigenvalue weighted by atomic mass is 10.2. The molecule has 0 aliphatic rings. The van der Waals surface area contributed by atoms with E-state index in [9.17, 15) is 16.8 Å². The average molecular weight is 429 g/mol. The molecule has 154 valence electrons. The number of hydrogen-bond acceptors (Lipinski definition) is 7. The van der Waals surface area contributed by atoms with Gasteiger partial charge in [-0.05, 0) is 38.1 Å². The zero-order chi connectivity index (χ0) is 20.8. The van der Waals surface area contributed by atoms with Crippen molar-refractivity contribution in [2.45, 2.75) is 36.2 Å². The Balaban J connectivity index is 1.88. The summed E-state index contributed by atoms with van der Waals surface area (Å²) >= 11 is 0. The van der Waals surface area contributed by atoms with Crippen molar-refractivity contribution in [1.82, 2.24) is 0 Å². The smallest absolute Gasteiger partial charge is 0.297 e. The van der Waals surface area contributed by atoms with Crippen molar-refractivity contribution in [3.63, 3.8) is 0 Å². The number of benzene rings is 2. The van der Waals surface area contributed by atoms with Gasteiger partial charge in [-0.1, -0.05) is 35.4 Å². The molecule has 0 spiro atoms. The summed E-state index contributed by atoms with van der Waals surface area (Å²) in [5.74, 6) is 0. The van der Waals surface area contributed by atoms with E-state index in [0.29, 0.717) is 0 Å². The van der Waals surface area contributed by atoms with E-state index < -0.39 is 26.3 Å². The third-order valence-electron chi connectivity index (χ3n) is 4.04. The second kappa shape index (κ2) is 9.62. The molecular formula is C19H24O7S2. The lowest BCUT2D eigenvalue weighted by molar-refractivity contribution is 0.0447. The molecule has 28 heavy (non-hydrogen) atoms. The predicted octanol–water partition coefficient (Wildman–Crippen LogP) is 2.82. The molecule has 0 fully saturated rings. The number of ether oxygens (including phenoxy) is 1. The first kappa shape index (κ1) is 22.5. The molecule has 7 nitrogen and oxygen atoms in total. The minimum atomic E-state index is -3.92. The summed E-state index contributed by atoms with van der Waals surface area (Å²) in [5.41, 5.74) is 1.87. The van der Waals surface area contributed by atoms with Gasteiger partial charge in [-0.25, -0.2) is 0 Å². The maximum atomic E-state index is 12.2. The van der Waals surface area contributed by atoms with Crippen LogP contribution in [0.2, 0.25) is 0 Å². The highest BCUT2D eigenvalue weighted by atomic mass is 32.2. The summed E-state index contributed by atoms with van der Waals surface area (Å²) in [7, 11) is -6.42. The summed E-state index contributed by atoms with van der Waals surface area (Å²) in [6, 6.07) is 12.6. The van der Waals surface area contributed by atoms with Gasteiger partial charge >= 0.3 is 0 Å². The van der Waals surface area contributed by atoms with Gasteiger partial charge in [0.1, 0.15) is 0 Å². The van der Waals surface area contributed by atoms with E-state index in [1.54, 1.807) is 24.3 Å². The van der Waals surface area contributed by atoms with Crippen LogP contribution in [0.1, 0.15) is 17.5 Å². The fraction of sp³-hybridized carbons (Fsp3) is 0.368. The maximum Gasteiger partial charge on any atom is 0.297 e. The Morgan fingerprint density at radius 2 is 1.18 bits per heavy atom. The van der Waals surface area contributed by atoms with Gasteiger partial charge in [0, 0.05) is 13.5 Å². The fourth-order valence-electron chi connectivity index (χ4n) is 2.27. The minimum Gasteiger partial charge on any atom is -0.379 e. The average Bonchev–Trinajstić information content (AvgIpc) is 2.65. The predicted molar refractivity (Wildman–Crippen MR) is 104 cm³/mol. The van der Waals surface area contributed by atoms with Crippen LogP contribution in [0, 0.1) is 13.8 Å².